The number of benzene rings is 1. The van der Waals surface area contributed by atoms with Crippen molar-refractivity contribution in [3.05, 3.63) is 35.9 Å². The van der Waals surface area contributed by atoms with E-state index in [2.05, 4.69) is 22.3 Å². The van der Waals surface area contributed by atoms with Gasteiger partial charge in [-0.2, -0.15) is 0 Å². The van der Waals surface area contributed by atoms with E-state index in [4.69, 9.17) is 23.0 Å². The molecule has 0 bridgehead atoms. The SMILES string of the molecule is CCOP(OCOC(=O)C(C)(C)C)OC(C(=O)NCCC(=O)OC1CCN(Cc2ccccc2)C1)C(C)C. The number of carbonyl (C=O) groups excluding carboxylic acids is 3. The van der Waals surface area contributed by atoms with Crippen LogP contribution in [0.25, 0.3) is 0 Å². The van der Waals surface area contributed by atoms with Gasteiger partial charge in [0.25, 0.3) is 0 Å². The number of likely N-dealkylation sites (tertiary alicyclic amines) is 1. The molecule has 1 aliphatic rings. The molecule has 1 aliphatic heterocycles. The Morgan fingerprint density at radius 2 is 1.84 bits per heavy atom. The second-order valence-electron chi connectivity index (χ2n) is 10.5. The third-order valence-electron chi connectivity index (χ3n) is 5.66. The zero-order chi connectivity index (χ0) is 28.1. The molecule has 0 aliphatic carbocycles. The van der Waals surface area contributed by atoms with Crippen LogP contribution >= 0.6 is 8.60 Å². The highest BCUT2D eigenvalue weighted by molar-refractivity contribution is 7.41. The summed E-state index contributed by atoms with van der Waals surface area (Å²) < 4.78 is 27.5. The van der Waals surface area contributed by atoms with Gasteiger partial charge in [-0.25, -0.2) is 0 Å². The lowest BCUT2D eigenvalue weighted by molar-refractivity contribution is -0.160. The van der Waals surface area contributed by atoms with Gasteiger partial charge in [-0.15, -0.1) is 0 Å². The fraction of sp³-hybridized carbons (Fsp3) is 0.667. The highest BCUT2D eigenvalue weighted by Crippen LogP contribution is 2.42. The summed E-state index contributed by atoms with van der Waals surface area (Å²) in [6.45, 7) is 13.1. The number of amides is 1. The van der Waals surface area contributed by atoms with E-state index in [0.717, 1.165) is 19.5 Å². The highest BCUT2D eigenvalue weighted by Gasteiger charge is 2.30. The van der Waals surface area contributed by atoms with Gasteiger partial charge in [0.1, 0.15) is 12.2 Å². The van der Waals surface area contributed by atoms with Gasteiger partial charge in [0.2, 0.25) is 12.7 Å². The zero-order valence-electron chi connectivity index (χ0n) is 23.4. The summed E-state index contributed by atoms with van der Waals surface area (Å²) in [6.07, 6.45) is -0.165. The van der Waals surface area contributed by atoms with Crippen LogP contribution in [0.15, 0.2) is 30.3 Å². The third-order valence-corrected chi connectivity index (χ3v) is 6.85. The molecule has 0 radical (unpaired) electrons. The molecule has 0 spiro atoms. The molecule has 1 aromatic rings. The largest absolute Gasteiger partial charge is 0.461 e. The van der Waals surface area contributed by atoms with Crippen LogP contribution in [-0.2, 0) is 44.0 Å². The normalized spacial score (nSPS) is 17.7. The first-order valence-electron chi connectivity index (χ1n) is 13.1. The molecule has 1 amide bonds. The van der Waals surface area contributed by atoms with Crippen molar-refractivity contribution in [2.24, 2.45) is 11.3 Å². The molecular weight excluding hydrogens is 511 g/mol. The first-order chi connectivity index (χ1) is 18.0. The topological polar surface area (TPSA) is 113 Å². The molecule has 38 heavy (non-hydrogen) atoms. The summed E-state index contributed by atoms with van der Waals surface area (Å²) in [4.78, 5) is 39.4. The lowest BCUT2D eigenvalue weighted by Crippen LogP contribution is -2.40. The van der Waals surface area contributed by atoms with Gasteiger partial charge in [0.05, 0.1) is 18.4 Å². The molecule has 214 valence electrons. The molecule has 1 N–H and O–H groups in total. The molecule has 0 saturated carbocycles. The van der Waals surface area contributed by atoms with Crippen LogP contribution < -0.4 is 5.32 Å². The molecular formula is C27H43N2O8P. The second kappa shape index (κ2) is 16.1. The van der Waals surface area contributed by atoms with E-state index in [0.29, 0.717) is 13.2 Å². The Balaban J connectivity index is 1.73. The van der Waals surface area contributed by atoms with Crippen LogP contribution in [0.3, 0.4) is 0 Å². The minimum absolute atomic E-state index is 0.0607. The van der Waals surface area contributed by atoms with Crippen molar-refractivity contribution < 1.29 is 37.4 Å². The van der Waals surface area contributed by atoms with E-state index in [-0.39, 0.29) is 43.7 Å². The lowest BCUT2D eigenvalue weighted by atomic mass is 9.98. The first kappa shape index (κ1) is 32.1. The molecule has 3 unspecified atom stereocenters. The van der Waals surface area contributed by atoms with Gasteiger partial charge < -0.3 is 19.3 Å². The Morgan fingerprint density at radius 1 is 1.13 bits per heavy atom. The summed E-state index contributed by atoms with van der Waals surface area (Å²) in [7, 11) is -1.93. The number of rotatable bonds is 15. The van der Waals surface area contributed by atoms with E-state index in [9.17, 15) is 14.4 Å². The average molecular weight is 555 g/mol. The van der Waals surface area contributed by atoms with Crippen LogP contribution in [0, 0.1) is 11.3 Å². The van der Waals surface area contributed by atoms with Gasteiger partial charge in [0, 0.05) is 26.2 Å². The van der Waals surface area contributed by atoms with Crippen molar-refractivity contribution >= 4 is 26.4 Å². The number of carbonyl (C=O) groups is 3. The van der Waals surface area contributed by atoms with E-state index in [1.54, 1.807) is 27.7 Å². The van der Waals surface area contributed by atoms with E-state index >= 15 is 0 Å². The number of nitrogens with zero attached hydrogens (tertiary/aromatic N) is 1. The molecule has 1 fully saturated rings. The van der Waals surface area contributed by atoms with Crippen molar-refractivity contribution in [3.63, 3.8) is 0 Å². The van der Waals surface area contributed by atoms with Gasteiger partial charge in [-0.05, 0) is 45.6 Å². The molecule has 3 atom stereocenters. The van der Waals surface area contributed by atoms with E-state index in [1.165, 1.54) is 5.56 Å². The Labute approximate surface area is 227 Å². The number of ether oxygens (including phenoxy) is 2. The first-order valence-corrected chi connectivity index (χ1v) is 14.2. The minimum Gasteiger partial charge on any atom is -0.461 e. The highest BCUT2D eigenvalue weighted by atomic mass is 31.2. The monoisotopic (exact) mass is 554 g/mol. The van der Waals surface area contributed by atoms with Crippen molar-refractivity contribution in [1.29, 1.82) is 0 Å². The molecule has 11 heteroatoms. The Bertz CT molecular complexity index is 878. The van der Waals surface area contributed by atoms with Gasteiger partial charge >= 0.3 is 20.5 Å². The molecule has 1 saturated heterocycles. The molecule has 0 aromatic heterocycles. The van der Waals surface area contributed by atoms with Crippen LogP contribution in [0.5, 0.6) is 0 Å². The fourth-order valence-electron chi connectivity index (χ4n) is 3.62. The maximum absolute atomic E-state index is 12.8. The lowest BCUT2D eigenvalue weighted by Gasteiger charge is -2.25. The van der Waals surface area contributed by atoms with Crippen molar-refractivity contribution in [2.45, 2.75) is 73.1 Å². The fourth-order valence-corrected chi connectivity index (χ4v) is 4.69. The van der Waals surface area contributed by atoms with Crippen molar-refractivity contribution in [3.8, 4) is 0 Å². The molecule has 1 aromatic carbocycles. The standard InChI is InChI=1S/C27H43N2O8P/c1-7-34-38(35-19-33-26(32)27(4,5)6)37-24(20(2)3)25(31)28-15-13-23(30)36-22-14-16-29(18-22)17-21-11-9-8-10-12-21/h8-12,20,22,24H,7,13-19H2,1-6H3,(H,28,31). The van der Waals surface area contributed by atoms with Gasteiger partial charge in [-0.1, -0.05) is 44.2 Å². The van der Waals surface area contributed by atoms with Gasteiger partial charge in [-0.3, -0.25) is 28.3 Å². The average Bonchev–Trinajstić information content (AvgIpc) is 3.28. The predicted molar refractivity (Wildman–Crippen MR) is 144 cm³/mol. The van der Waals surface area contributed by atoms with E-state index < -0.39 is 26.1 Å². The van der Waals surface area contributed by atoms with Crippen LogP contribution in [0.4, 0.5) is 0 Å². The zero-order valence-corrected chi connectivity index (χ0v) is 24.3. The number of hydrogen-bond donors (Lipinski definition) is 1. The summed E-state index contributed by atoms with van der Waals surface area (Å²) in [5, 5.41) is 2.74. The predicted octanol–water partition coefficient (Wildman–Crippen LogP) is 4.18. The molecule has 10 nitrogen and oxygen atoms in total. The van der Waals surface area contributed by atoms with Crippen LogP contribution in [0.2, 0.25) is 0 Å². The number of nitrogens with one attached hydrogen (secondary N) is 1. The summed E-state index contributed by atoms with van der Waals surface area (Å²) in [6, 6.07) is 10.2. The third kappa shape index (κ3) is 11.7. The van der Waals surface area contributed by atoms with Gasteiger partial charge in [0.15, 0.2) is 0 Å². The number of esters is 2. The smallest absolute Gasteiger partial charge is 0.336 e. The molecule has 1 heterocycles. The maximum atomic E-state index is 12.8. The second-order valence-corrected chi connectivity index (χ2v) is 11.7. The summed E-state index contributed by atoms with van der Waals surface area (Å²) in [5.41, 5.74) is 0.563. The van der Waals surface area contributed by atoms with E-state index in [1.807, 2.05) is 32.0 Å². The quantitative estimate of drug-likeness (QED) is 0.194. The Kier molecular flexibility index (Phi) is 13.6. The summed E-state index contributed by atoms with van der Waals surface area (Å²) >= 11 is 0. The van der Waals surface area contributed by atoms with Crippen LogP contribution in [-0.4, -0.2) is 68.0 Å². The van der Waals surface area contributed by atoms with Crippen molar-refractivity contribution in [1.82, 2.24) is 10.2 Å². The minimum atomic E-state index is -1.93. The van der Waals surface area contributed by atoms with Crippen LogP contribution in [0.1, 0.15) is 59.9 Å². The molecule has 2 rings (SSSR count). The Morgan fingerprint density at radius 3 is 2.47 bits per heavy atom. The van der Waals surface area contributed by atoms with Crippen molar-refractivity contribution in [2.75, 3.05) is 33.0 Å². The summed E-state index contributed by atoms with van der Waals surface area (Å²) in [5.74, 6) is -1.35. The maximum Gasteiger partial charge on any atom is 0.336 e. The number of hydrogen-bond acceptors (Lipinski definition) is 9. The Hall–Kier alpha value is -2.10.